The van der Waals surface area contributed by atoms with Crippen LogP contribution < -0.4 is 0 Å². The molecular formula is C20H22. The zero-order chi connectivity index (χ0) is 13.4. The van der Waals surface area contributed by atoms with Crippen molar-refractivity contribution in [3.63, 3.8) is 0 Å². The lowest BCUT2D eigenvalue weighted by molar-refractivity contribution is 0.353. The van der Waals surface area contributed by atoms with Gasteiger partial charge in [-0.2, -0.15) is 0 Å². The summed E-state index contributed by atoms with van der Waals surface area (Å²) in [5.74, 6) is 2.25. The lowest BCUT2D eigenvalue weighted by Crippen LogP contribution is -2.21. The fourth-order valence-electron chi connectivity index (χ4n) is 4.17. The van der Waals surface area contributed by atoms with Crippen LogP contribution in [0.2, 0.25) is 0 Å². The Morgan fingerprint density at radius 2 is 1.75 bits per heavy atom. The second-order valence-corrected chi connectivity index (χ2v) is 6.63. The molecule has 1 aromatic carbocycles. The summed E-state index contributed by atoms with van der Waals surface area (Å²) >= 11 is 0. The summed E-state index contributed by atoms with van der Waals surface area (Å²) in [6.45, 7) is 0. The van der Waals surface area contributed by atoms with E-state index in [0.29, 0.717) is 5.92 Å². The van der Waals surface area contributed by atoms with E-state index in [2.05, 4.69) is 54.6 Å². The molecule has 1 aromatic rings. The summed E-state index contributed by atoms with van der Waals surface area (Å²) in [7, 11) is 0. The minimum absolute atomic E-state index is 0.665. The Kier molecular flexibility index (Phi) is 3.10. The van der Waals surface area contributed by atoms with Crippen LogP contribution in [0, 0.1) is 17.8 Å². The second kappa shape index (κ2) is 5.09. The predicted molar refractivity (Wildman–Crippen MR) is 84.5 cm³/mol. The van der Waals surface area contributed by atoms with Gasteiger partial charge >= 0.3 is 0 Å². The molecule has 0 nitrogen and oxygen atoms in total. The number of hydrogen-bond acceptors (Lipinski definition) is 0. The predicted octanol–water partition coefficient (Wildman–Crippen LogP) is 4.87. The Hall–Kier alpha value is -1.56. The zero-order valence-electron chi connectivity index (χ0n) is 12.0. The highest BCUT2D eigenvalue weighted by atomic mass is 14.3. The van der Waals surface area contributed by atoms with Crippen molar-refractivity contribution in [1.82, 2.24) is 0 Å². The smallest absolute Gasteiger partial charge is 0.00207 e. The van der Waals surface area contributed by atoms with Crippen LogP contribution in [0.3, 0.4) is 0 Å². The molecule has 0 heterocycles. The van der Waals surface area contributed by atoms with E-state index < -0.39 is 0 Å². The van der Waals surface area contributed by atoms with Crippen molar-refractivity contribution >= 4 is 0 Å². The molecule has 0 N–H and O–H groups in total. The van der Waals surface area contributed by atoms with Crippen LogP contribution in [0.5, 0.6) is 0 Å². The van der Waals surface area contributed by atoms with E-state index in [1.54, 1.807) is 16.7 Å². The van der Waals surface area contributed by atoms with Gasteiger partial charge in [0.25, 0.3) is 0 Å². The van der Waals surface area contributed by atoms with Crippen LogP contribution in [0.1, 0.15) is 30.4 Å². The quantitative estimate of drug-likeness (QED) is 0.625. The average molecular weight is 262 g/mol. The molecule has 0 fully saturated rings. The maximum atomic E-state index is 2.57. The van der Waals surface area contributed by atoms with Gasteiger partial charge in [-0.05, 0) is 60.6 Å². The molecule has 0 spiro atoms. The number of fused-ring (bicyclic) bond motifs is 5. The van der Waals surface area contributed by atoms with Crippen molar-refractivity contribution in [3.05, 3.63) is 71.3 Å². The molecule has 0 amide bonds. The minimum atomic E-state index is 0.665. The van der Waals surface area contributed by atoms with Crippen LogP contribution in [-0.4, -0.2) is 0 Å². The second-order valence-electron chi connectivity index (χ2n) is 6.63. The maximum Gasteiger partial charge on any atom is 0.00207 e. The van der Waals surface area contributed by atoms with E-state index in [1.165, 1.54) is 32.1 Å². The van der Waals surface area contributed by atoms with Crippen LogP contribution in [0.4, 0.5) is 0 Å². The van der Waals surface area contributed by atoms with E-state index in [1.807, 2.05) is 0 Å². The van der Waals surface area contributed by atoms with Crippen LogP contribution in [-0.2, 0) is 12.8 Å². The lowest BCUT2D eigenvalue weighted by atomic mass is 9.73. The molecule has 0 aliphatic heterocycles. The van der Waals surface area contributed by atoms with Crippen LogP contribution in [0.25, 0.3) is 0 Å². The molecule has 4 rings (SSSR count). The Bertz CT molecular complexity index is 588. The maximum absolute atomic E-state index is 2.57. The first-order valence-electron chi connectivity index (χ1n) is 8.02. The van der Waals surface area contributed by atoms with Gasteiger partial charge in [0.2, 0.25) is 0 Å². The number of benzene rings is 1. The highest BCUT2D eigenvalue weighted by Gasteiger charge is 2.26. The topological polar surface area (TPSA) is 0 Å². The van der Waals surface area contributed by atoms with E-state index in [4.69, 9.17) is 0 Å². The number of rotatable bonds is 0. The molecule has 102 valence electrons. The van der Waals surface area contributed by atoms with Crippen molar-refractivity contribution in [2.24, 2.45) is 17.8 Å². The van der Waals surface area contributed by atoms with E-state index >= 15 is 0 Å². The molecule has 0 saturated carbocycles. The Morgan fingerprint density at radius 1 is 0.900 bits per heavy atom. The number of hydrogen-bond donors (Lipinski definition) is 0. The van der Waals surface area contributed by atoms with Crippen LogP contribution >= 0.6 is 0 Å². The van der Waals surface area contributed by atoms with Gasteiger partial charge in [0.1, 0.15) is 0 Å². The monoisotopic (exact) mass is 262 g/mol. The van der Waals surface area contributed by atoms with E-state index in [0.717, 1.165) is 11.8 Å². The van der Waals surface area contributed by atoms with Crippen LogP contribution in [0.15, 0.2) is 60.2 Å². The fraction of sp³-hybridized carbons (Fsp3) is 0.400. The molecule has 3 atom stereocenters. The van der Waals surface area contributed by atoms with Crippen molar-refractivity contribution < 1.29 is 0 Å². The molecule has 0 aromatic heterocycles. The van der Waals surface area contributed by atoms with Gasteiger partial charge in [-0.15, -0.1) is 0 Å². The molecule has 0 radical (unpaired) electrons. The molecular weight excluding hydrogens is 240 g/mol. The Morgan fingerprint density at radius 3 is 2.65 bits per heavy atom. The van der Waals surface area contributed by atoms with Crippen molar-refractivity contribution in [1.29, 1.82) is 0 Å². The molecule has 0 saturated heterocycles. The van der Waals surface area contributed by atoms with Gasteiger partial charge in [0, 0.05) is 5.92 Å². The third kappa shape index (κ3) is 2.28. The molecule has 3 unspecified atom stereocenters. The third-order valence-electron chi connectivity index (χ3n) is 5.24. The minimum Gasteiger partial charge on any atom is -0.0773 e. The van der Waals surface area contributed by atoms with E-state index in [9.17, 15) is 0 Å². The first-order chi connectivity index (χ1) is 9.88. The molecule has 3 aliphatic rings. The molecule has 3 aliphatic carbocycles. The Labute approximate surface area is 121 Å². The standard InChI is InChI=1S/C20H22/c1-2-6-18-12-16-10-9-15(11-17(18)5-1)13-19-7-3-4-8-20(19)14-16/h1-8,11,15-16,18H,9-10,12-14H2. The van der Waals surface area contributed by atoms with Gasteiger partial charge in [-0.1, -0.05) is 54.6 Å². The lowest BCUT2D eigenvalue weighted by Gasteiger charge is -2.32. The molecule has 0 heteroatoms. The zero-order valence-corrected chi connectivity index (χ0v) is 12.0. The van der Waals surface area contributed by atoms with E-state index in [-0.39, 0.29) is 0 Å². The first-order valence-corrected chi connectivity index (χ1v) is 8.02. The summed E-state index contributed by atoms with van der Waals surface area (Å²) in [5.41, 5.74) is 4.77. The SMILES string of the molecule is C1=CC2=CC3CCC(Cc4ccccc4C3)CC2C=C1. The van der Waals surface area contributed by atoms with Crippen molar-refractivity contribution in [2.75, 3.05) is 0 Å². The van der Waals surface area contributed by atoms with Gasteiger partial charge in [0.05, 0.1) is 0 Å². The summed E-state index contributed by atoms with van der Waals surface area (Å²) < 4.78 is 0. The van der Waals surface area contributed by atoms with Gasteiger partial charge in [0.15, 0.2) is 0 Å². The summed E-state index contributed by atoms with van der Waals surface area (Å²) in [6.07, 6.45) is 18.4. The highest BCUT2D eigenvalue weighted by molar-refractivity contribution is 5.36. The largest absolute Gasteiger partial charge is 0.0773 e. The van der Waals surface area contributed by atoms with Gasteiger partial charge in [-0.3, -0.25) is 0 Å². The normalized spacial score (nSPS) is 31.4. The van der Waals surface area contributed by atoms with Gasteiger partial charge < -0.3 is 0 Å². The molecule has 2 bridgehead atoms. The summed E-state index contributed by atoms with van der Waals surface area (Å²) in [4.78, 5) is 0. The highest BCUT2D eigenvalue weighted by Crippen LogP contribution is 2.38. The fourth-order valence-corrected chi connectivity index (χ4v) is 4.17. The van der Waals surface area contributed by atoms with Crippen molar-refractivity contribution in [2.45, 2.75) is 32.1 Å². The first kappa shape index (κ1) is 12.2. The Balaban J connectivity index is 1.76. The third-order valence-corrected chi connectivity index (χ3v) is 5.24. The average Bonchev–Trinajstić information content (AvgIpc) is 2.44. The van der Waals surface area contributed by atoms with Crippen molar-refractivity contribution in [3.8, 4) is 0 Å². The summed E-state index contributed by atoms with van der Waals surface area (Å²) in [5, 5.41) is 0. The number of allylic oxidation sites excluding steroid dienone is 6. The molecule has 20 heavy (non-hydrogen) atoms. The van der Waals surface area contributed by atoms with Gasteiger partial charge in [-0.25, -0.2) is 0 Å². The summed E-state index contributed by atoms with van der Waals surface area (Å²) in [6, 6.07) is 9.12.